The molecule has 1 saturated heterocycles. The van der Waals surface area contributed by atoms with Crippen LogP contribution in [0.1, 0.15) is 47.0 Å². The van der Waals surface area contributed by atoms with Gasteiger partial charge in [-0.2, -0.15) is 0 Å². The number of rotatable bonds is 5. The molecule has 0 unspecified atom stereocenters. The summed E-state index contributed by atoms with van der Waals surface area (Å²) in [6.45, 7) is 8.38. The second-order valence-electron chi connectivity index (χ2n) is 5.89. The Morgan fingerprint density at radius 1 is 1.39 bits per heavy atom. The van der Waals surface area contributed by atoms with Gasteiger partial charge in [-0.3, -0.25) is 9.59 Å². The molecule has 18 heavy (non-hydrogen) atoms. The number of likely N-dealkylation sites (tertiary alicyclic amines) is 1. The highest BCUT2D eigenvalue weighted by molar-refractivity contribution is 5.93. The third-order valence-corrected chi connectivity index (χ3v) is 4.02. The van der Waals surface area contributed by atoms with Gasteiger partial charge in [0.2, 0.25) is 5.91 Å². The molecule has 1 rings (SSSR count). The van der Waals surface area contributed by atoms with Crippen molar-refractivity contribution in [3.63, 3.8) is 0 Å². The fraction of sp³-hybridized carbons (Fsp3) is 0.857. The van der Waals surface area contributed by atoms with Crippen molar-refractivity contribution in [2.75, 3.05) is 13.6 Å². The van der Waals surface area contributed by atoms with Crippen molar-refractivity contribution in [3.05, 3.63) is 0 Å². The SMILES string of the molecule is CN[C@@H](CC(C)C)C(=O)N1CCC[C@@]1(C)C(C)=O. The molecular formula is C14H26N2O2. The largest absolute Gasteiger partial charge is 0.329 e. The van der Waals surface area contributed by atoms with Crippen LogP contribution >= 0.6 is 0 Å². The standard InChI is InChI=1S/C14H26N2O2/c1-10(2)9-12(15-5)13(18)16-8-6-7-14(16,4)11(3)17/h10,12,15H,6-9H2,1-5H3/t12-,14-/m0/s1. The molecule has 0 aromatic carbocycles. The highest BCUT2D eigenvalue weighted by Gasteiger charge is 2.44. The minimum absolute atomic E-state index is 0.0707. The van der Waals surface area contributed by atoms with Gasteiger partial charge in [-0.05, 0) is 46.1 Å². The normalized spacial score (nSPS) is 25.6. The number of nitrogens with zero attached hydrogens (tertiary/aromatic N) is 1. The Kier molecular flexibility index (Phi) is 4.91. The first-order valence-corrected chi connectivity index (χ1v) is 6.82. The molecule has 0 saturated carbocycles. The van der Waals surface area contributed by atoms with Crippen LogP contribution in [0.25, 0.3) is 0 Å². The lowest BCUT2D eigenvalue weighted by Gasteiger charge is -2.35. The fourth-order valence-electron chi connectivity index (χ4n) is 2.68. The van der Waals surface area contributed by atoms with Gasteiger partial charge < -0.3 is 10.2 Å². The Balaban J connectivity index is 2.85. The van der Waals surface area contributed by atoms with Gasteiger partial charge in [0, 0.05) is 6.54 Å². The summed E-state index contributed by atoms with van der Waals surface area (Å²) in [5.74, 6) is 0.617. The fourth-order valence-corrected chi connectivity index (χ4v) is 2.68. The number of likely N-dealkylation sites (N-methyl/N-ethyl adjacent to an activating group) is 1. The predicted octanol–water partition coefficient (Wildman–Crippen LogP) is 1.59. The highest BCUT2D eigenvalue weighted by atomic mass is 16.2. The Morgan fingerprint density at radius 2 is 2.00 bits per heavy atom. The highest BCUT2D eigenvalue weighted by Crippen LogP contribution is 2.30. The second kappa shape index (κ2) is 5.83. The molecule has 0 aromatic rings. The van der Waals surface area contributed by atoms with E-state index in [1.807, 2.05) is 14.0 Å². The van der Waals surface area contributed by atoms with Gasteiger partial charge in [0.15, 0.2) is 5.78 Å². The molecule has 4 nitrogen and oxygen atoms in total. The summed E-state index contributed by atoms with van der Waals surface area (Å²) in [5, 5.41) is 3.08. The first-order valence-electron chi connectivity index (χ1n) is 6.82. The van der Waals surface area contributed by atoms with E-state index in [2.05, 4.69) is 19.2 Å². The number of carbonyl (C=O) groups excluding carboxylic acids is 2. The van der Waals surface area contributed by atoms with Crippen LogP contribution in [0.5, 0.6) is 0 Å². The molecule has 2 atom stereocenters. The molecule has 0 aliphatic carbocycles. The zero-order valence-corrected chi connectivity index (χ0v) is 12.2. The van der Waals surface area contributed by atoms with E-state index in [1.54, 1.807) is 11.8 Å². The van der Waals surface area contributed by atoms with Crippen LogP contribution in [-0.4, -0.2) is 41.8 Å². The lowest BCUT2D eigenvalue weighted by molar-refractivity contribution is -0.143. The minimum Gasteiger partial charge on any atom is -0.329 e. The van der Waals surface area contributed by atoms with Gasteiger partial charge in [-0.1, -0.05) is 13.8 Å². The first kappa shape index (κ1) is 15.2. The minimum atomic E-state index is -0.594. The maximum Gasteiger partial charge on any atom is 0.240 e. The molecule has 0 bridgehead atoms. The lowest BCUT2D eigenvalue weighted by Crippen LogP contribution is -2.55. The van der Waals surface area contributed by atoms with Crippen molar-refractivity contribution in [1.82, 2.24) is 10.2 Å². The van der Waals surface area contributed by atoms with Gasteiger partial charge >= 0.3 is 0 Å². The van der Waals surface area contributed by atoms with E-state index in [9.17, 15) is 9.59 Å². The first-order chi connectivity index (χ1) is 8.32. The van der Waals surface area contributed by atoms with Gasteiger partial charge in [0.1, 0.15) is 0 Å². The molecule has 1 fully saturated rings. The van der Waals surface area contributed by atoms with Crippen LogP contribution in [0.3, 0.4) is 0 Å². The number of hydrogen-bond acceptors (Lipinski definition) is 3. The topological polar surface area (TPSA) is 49.4 Å². The Labute approximate surface area is 110 Å². The van der Waals surface area contributed by atoms with Crippen molar-refractivity contribution >= 4 is 11.7 Å². The lowest BCUT2D eigenvalue weighted by atomic mass is 9.93. The molecule has 1 aliphatic heterocycles. The monoisotopic (exact) mass is 254 g/mol. The second-order valence-corrected chi connectivity index (χ2v) is 5.89. The number of carbonyl (C=O) groups is 2. The molecule has 4 heteroatoms. The summed E-state index contributed by atoms with van der Waals surface area (Å²) in [7, 11) is 1.81. The quantitative estimate of drug-likeness (QED) is 0.810. The van der Waals surface area contributed by atoms with Crippen molar-refractivity contribution < 1.29 is 9.59 Å². The van der Waals surface area contributed by atoms with E-state index in [-0.39, 0.29) is 17.7 Å². The average molecular weight is 254 g/mol. The van der Waals surface area contributed by atoms with Crippen molar-refractivity contribution in [2.45, 2.75) is 58.5 Å². The van der Waals surface area contributed by atoms with E-state index in [1.165, 1.54) is 0 Å². The van der Waals surface area contributed by atoms with E-state index in [4.69, 9.17) is 0 Å². The molecule has 1 amide bonds. The predicted molar refractivity (Wildman–Crippen MR) is 72.3 cm³/mol. The smallest absolute Gasteiger partial charge is 0.240 e. The van der Waals surface area contributed by atoms with Crippen LogP contribution in [0.2, 0.25) is 0 Å². The van der Waals surface area contributed by atoms with Gasteiger partial charge in [-0.25, -0.2) is 0 Å². The summed E-state index contributed by atoms with van der Waals surface area (Å²) >= 11 is 0. The summed E-state index contributed by atoms with van der Waals surface area (Å²) in [6, 6.07) is -0.179. The zero-order valence-electron chi connectivity index (χ0n) is 12.2. The Bertz CT molecular complexity index is 328. The van der Waals surface area contributed by atoms with Crippen molar-refractivity contribution in [2.24, 2.45) is 5.92 Å². The van der Waals surface area contributed by atoms with E-state index in [0.29, 0.717) is 12.5 Å². The molecule has 1 aliphatic rings. The van der Waals surface area contributed by atoms with Crippen LogP contribution in [0.4, 0.5) is 0 Å². The van der Waals surface area contributed by atoms with Crippen LogP contribution in [0, 0.1) is 5.92 Å². The molecule has 0 aromatic heterocycles. The Hall–Kier alpha value is -0.900. The average Bonchev–Trinajstić information content (AvgIpc) is 2.68. The number of ketones is 1. The third-order valence-electron chi connectivity index (χ3n) is 4.02. The van der Waals surface area contributed by atoms with Crippen LogP contribution in [-0.2, 0) is 9.59 Å². The maximum atomic E-state index is 12.5. The van der Waals surface area contributed by atoms with Crippen LogP contribution < -0.4 is 5.32 Å². The molecule has 0 spiro atoms. The number of nitrogens with one attached hydrogen (secondary N) is 1. The summed E-state index contributed by atoms with van der Waals surface area (Å²) in [6.07, 6.45) is 2.51. The summed E-state index contributed by atoms with van der Waals surface area (Å²) in [5.41, 5.74) is -0.594. The van der Waals surface area contributed by atoms with Gasteiger partial charge in [0.25, 0.3) is 0 Å². The van der Waals surface area contributed by atoms with E-state index < -0.39 is 5.54 Å². The third kappa shape index (κ3) is 2.91. The van der Waals surface area contributed by atoms with Gasteiger partial charge in [0.05, 0.1) is 11.6 Å². The molecule has 1 N–H and O–H groups in total. The zero-order chi connectivity index (χ0) is 13.9. The molecular weight excluding hydrogens is 228 g/mol. The molecule has 0 radical (unpaired) electrons. The van der Waals surface area contributed by atoms with E-state index in [0.717, 1.165) is 19.3 Å². The molecule has 104 valence electrons. The number of Topliss-reactive ketones (excluding diaryl/α,β-unsaturated/α-hetero) is 1. The number of hydrogen-bond donors (Lipinski definition) is 1. The molecule has 1 heterocycles. The Morgan fingerprint density at radius 3 is 2.44 bits per heavy atom. The van der Waals surface area contributed by atoms with E-state index >= 15 is 0 Å². The van der Waals surface area contributed by atoms with Crippen LogP contribution in [0.15, 0.2) is 0 Å². The number of amides is 1. The summed E-state index contributed by atoms with van der Waals surface area (Å²) in [4.78, 5) is 26.1. The van der Waals surface area contributed by atoms with Crippen molar-refractivity contribution in [3.8, 4) is 0 Å². The van der Waals surface area contributed by atoms with Gasteiger partial charge in [-0.15, -0.1) is 0 Å². The maximum absolute atomic E-state index is 12.5. The summed E-state index contributed by atoms with van der Waals surface area (Å²) < 4.78 is 0. The van der Waals surface area contributed by atoms with Crippen molar-refractivity contribution in [1.29, 1.82) is 0 Å².